The quantitative estimate of drug-likeness (QED) is 0.568. The topological polar surface area (TPSA) is 45.2 Å². The smallest absolute Gasteiger partial charge is 0.119 e. The van der Waals surface area contributed by atoms with Crippen molar-refractivity contribution in [3.63, 3.8) is 0 Å². The standard InChI is InChI=1S/C21H26BrClN2O3/c22-17-4-6-21(7-5-17)28-13-12-27-16-20(26)15-24-8-10-25(11-9-24)19-3-1-2-18(23)14-19/h1-7,14,20,26H,8-13,15-16H2. The highest BCUT2D eigenvalue weighted by molar-refractivity contribution is 9.10. The average Bonchev–Trinajstić information content (AvgIpc) is 2.70. The first kappa shape index (κ1) is 21.4. The molecule has 0 aliphatic carbocycles. The number of aliphatic hydroxyl groups is 1. The Hall–Kier alpha value is -1.31. The van der Waals surface area contributed by atoms with Crippen molar-refractivity contribution in [3.8, 4) is 5.75 Å². The summed E-state index contributed by atoms with van der Waals surface area (Å²) in [5.74, 6) is 0.810. The van der Waals surface area contributed by atoms with Crippen molar-refractivity contribution in [2.45, 2.75) is 6.10 Å². The molecule has 1 unspecified atom stereocenters. The van der Waals surface area contributed by atoms with E-state index in [-0.39, 0.29) is 0 Å². The van der Waals surface area contributed by atoms with Crippen LogP contribution in [0.4, 0.5) is 5.69 Å². The van der Waals surface area contributed by atoms with E-state index < -0.39 is 6.10 Å². The number of anilines is 1. The molecule has 1 heterocycles. The van der Waals surface area contributed by atoms with E-state index in [1.165, 1.54) is 0 Å². The van der Waals surface area contributed by atoms with Gasteiger partial charge in [0, 0.05) is 47.9 Å². The van der Waals surface area contributed by atoms with Crippen LogP contribution in [0.15, 0.2) is 53.0 Å². The van der Waals surface area contributed by atoms with E-state index in [0.717, 1.165) is 47.1 Å². The molecular weight excluding hydrogens is 444 g/mol. The number of benzene rings is 2. The van der Waals surface area contributed by atoms with Crippen molar-refractivity contribution in [1.82, 2.24) is 4.90 Å². The number of ether oxygens (including phenoxy) is 2. The first-order valence-corrected chi connectivity index (χ1v) is 10.6. The van der Waals surface area contributed by atoms with Crippen LogP contribution in [0.3, 0.4) is 0 Å². The van der Waals surface area contributed by atoms with Gasteiger partial charge in [0.05, 0.1) is 19.3 Å². The Bertz CT molecular complexity index is 724. The van der Waals surface area contributed by atoms with Crippen LogP contribution in [0.5, 0.6) is 5.75 Å². The van der Waals surface area contributed by atoms with Gasteiger partial charge >= 0.3 is 0 Å². The molecule has 1 saturated heterocycles. The largest absolute Gasteiger partial charge is 0.491 e. The Labute approximate surface area is 179 Å². The molecule has 0 amide bonds. The van der Waals surface area contributed by atoms with Gasteiger partial charge in [-0.1, -0.05) is 33.6 Å². The van der Waals surface area contributed by atoms with Crippen molar-refractivity contribution in [2.75, 3.05) is 57.4 Å². The molecule has 2 aromatic carbocycles. The van der Waals surface area contributed by atoms with Gasteiger partial charge in [0.1, 0.15) is 12.4 Å². The molecular formula is C21H26BrClN2O3. The highest BCUT2D eigenvalue weighted by Crippen LogP contribution is 2.21. The first-order valence-electron chi connectivity index (χ1n) is 9.47. The molecule has 0 saturated carbocycles. The summed E-state index contributed by atoms with van der Waals surface area (Å²) in [5, 5.41) is 11.0. The minimum absolute atomic E-state index is 0.318. The van der Waals surface area contributed by atoms with Crippen molar-refractivity contribution in [3.05, 3.63) is 58.0 Å². The van der Waals surface area contributed by atoms with Gasteiger partial charge in [-0.2, -0.15) is 0 Å². The predicted octanol–water partition coefficient (Wildman–Crippen LogP) is 3.68. The Morgan fingerprint density at radius 2 is 1.79 bits per heavy atom. The van der Waals surface area contributed by atoms with Gasteiger partial charge in [-0.05, 0) is 42.5 Å². The zero-order chi connectivity index (χ0) is 19.8. The number of hydrogen-bond acceptors (Lipinski definition) is 5. The number of piperazine rings is 1. The molecule has 2 aromatic rings. The third-order valence-corrected chi connectivity index (χ3v) is 5.40. The van der Waals surface area contributed by atoms with E-state index in [1.54, 1.807) is 0 Å². The number of nitrogens with zero attached hydrogens (tertiary/aromatic N) is 2. The summed E-state index contributed by atoms with van der Waals surface area (Å²) in [6.07, 6.45) is -0.495. The Morgan fingerprint density at radius 3 is 2.50 bits per heavy atom. The summed E-state index contributed by atoms with van der Waals surface area (Å²) in [5.41, 5.74) is 1.15. The zero-order valence-corrected chi connectivity index (χ0v) is 18.1. The Kier molecular flexibility index (Phi) is 8.43. The molecule has 5 nitrogen and oxygen atoms in total. The van der Waals surface area contributed by atoms with Crippen molar-refractivity contribution >= 4 is 33.2 Å². The van der Waals surface area contributed by atoms with E-state index >= 15 is 0 Å². The van der Waals surface area contributed by atoms with Crippen LogP contribution in [0.2, 0.25) is 5.02 Å². The van der Waals surface area contributed by atoms with E-state index in [1.807, 2.05) is 42.5 Å². The lowest BCUT2D eigenvalue weighted by atomic mass is 10.2. The molecule has 1 atom stereocenters. The minimum Gasteiger partial charge on any atom is -0.491 e. The number of hydrogen-bond donors (Lipinski definition) is 1. The maximum absolute atomic E-state index is 10.2. The van der Waals surface area contributed by atoms with Gasteiger partial charge in [-0.25, -0.2) is 0 Å². The molecule has 152 valence electrons. The molecule has 28 heavy (non-hydrogen) atoms. The SMILES string of the molecule is OC(COCCOc1ccc(Br)cc1)CN1CCN(c2cccc(Cl)c2)CC1. The zero-order valence-electron chi connectivity index (χ0n) is 15.8. The summed E-state index contributed by atoms with van der Waals surface area (Å²) >= 11 is 9.47. The molecule has 1 fully saturated rings. The maximum Gasteiger partial charge on any atom is 0.119 e. The summed E-state index contributed by atoms with van der Waals surface area (Å²) in [6.45, 7) is 5.54. The first-order chi connectivity index (χ1) is 13.6. The molecule has 7 heteroatoms. The normalized spacial score (nSPS) is 16.2. The average molecular weight is 470 g/mol. The predicted molar refractivity (Wildman–Crippen MR) is 117 cm³/mol. The fourth-order valence-corrected chi connectivity index (χ4v) is 3.63. The summed E-state index contributed by atoms with van der Waals surface area (Å²) in [4.78, 5) is 4.60. The van der Waals surface area contributed by atoms with Gasteiger partial charge in [0.15, 0.2) is 0 Å². The minimum atomic E-state index is -0.495. The molecule has 0 aromatic heterocycles. The Morgan fingerprint density at radius 1 is 1.04 bits per heavy atom. The highest BCUT2D eigenvalue weighted by atomic mass is 79.9. The van der Waals surface area contributed by atoms with Crippen LogP contribution in [0.1, 0.15) is 0 Å². The Balaban J connectivity index is 1.28. The third kappa shape index (κ3) is 6.94. The summed E-state index contributed by atoms with van der Waals surface area (Å²) in [7, 11) is 0. The van der Waals surface area contributed by atoms with Gasteiger partial charge in [0.25, 0.3) is 0 Å². The fraction of sp³-hybridized carbons (Fsp3) is 0.429. The van der Waals surface area contributed by atoms with Gasteiger partial charge in [-0.15, -0.1) is 0 Å². The van der Waals surface area contributed by atoms with Crippen molar-refractivity contribution in [1.29, 1.82) is 0 Å². The van der Waals surface area contributed by atoms with Crippen LogP contribution >= 0.6 is 27.5 Å². The number of halogens is 2. The lowest BCUT2D eigenvalue weighted by molar-refractivity contribution is 0.00718. The fourth-order valence-electron chi connectivity index (χ4n) is 3.18. The highest BCUT2D eigenvalue weighted by Gasteiger charge is 2.19. The van der Waals surface area contributed by atoms with Crippen LogP contribution in [-0.2, 0) is 4.74 Å². The van der Waals surface area contributed by atoms with Gasteiger partial charge in [-0.3, -0.25) is 4.90 Å². The van der Waals surface area contributed by atoms with Crippen LogP contribution < -0.4 is 9.64 Å². The number of β-amino-alcohol motifs (C(OH)–C–C–N with tert-alkyl or cyclic N) is 1. The summed E-state index contributed by atoms with van der Waals surface area (Å²) in [6, 6.07) is 15.6. The third-order valence-electron chi connectivity index (χ3n) is 4.63. The van der Waals surface area contributed by atoms with Crippen LogP contribution in [0.25, 0.3) is 0 Å². The van der Waals surface area contributed by atoms with E-state index in [0.29, 0.717) is 26.4 Å². The lowest BCUT2D eigenvalue weighted by Crippen LogP contribution is -2.49. The van der Waals surface area contributed by atoms with E-state index in [2.05, 4.69) is 31.8 Å². The van der Waals surface area contributed by atoms with Crippen LogP contribution in [0, 0.1) is 0 Å². The van der Waals surface area contributed by atoms with Gasteiger partial charge in [0.2, 0.25) is 0 Å². The summed E-state index contributed by atoms with van der Waals surface area (Å²) < 4.78 is 12.2. The molecule has 1 aliphatic heterocycles. The van der Waals surface area contributed by atoms with Gasteiger partial charge < -0.3 is 19.5 Å². The monoisotopic (exact) mass is 468 g/mol. The molecule has 0 bridgehead atoms. The number of aliphatic hydroxyl groups excluding tert-OH is 1. The molecule has 0 spiro atoms. The second-order valence-electron chi connectivity index (χ2n) is 6.80. The van der Waals surface area contributed by atoms with Crippen LogP contribution in [-0.4, -0.2) is 68.7 Å². The molecule has 1 N–H and O–H groups in total. The van der Waals surface area contributed by atoms with E-state index in [4.69, 9.17) is 21.1 Å². The molecule has 0 radical (unpaired) electrons. The van der Waals surface area contributed by atoms with Crippen molar-refractivity contribution in [2.24, 2.45) is 0 Å². The van der Waals surface area contributed by atoms with Crippen molar-refractivity contribution < 1.29 is 14.6 Å². The lowest BCUT2D eigenvalue weighted by Gasteiger charge is -2.36. The van der Waals surface area contributed by atoms with E-state index in [9.17, 15) is 5.11 Å². The maximum atomic E-state index is 10.2. The molecule has 3 rings (SSSR count). The second-order valence-corrected chi connectivity index (χ2v) is 8.15. The number of rotatable bonds is 9. The second kappa shape index (κ2) is 11.0. The molecule has 1 aliphatic rings.